The van der Waals surface area contributed by atoms with Crippen molar-refractivity contribution in [1.82, 2.24) is 20.6 Å². The lowest BCUT2D eigenvalue weighted by molar-refractivity contribution is -0.126. The van der Waals surface area contributed by atoms with Gasteiger partial charge in [0, 0.05) is 31.5 Å². The van der Waals surface area contributed by atoms with Crippen molar-refractivity contribution in [1.29, 1.82) is 0 Å². The van der Waals surface area contributed by atoms with Crippen LogP contribution in [0.15, 0.2) is 18.5 Å². The fourth-order valence-electron chi connectivity index (χ4n) is 3.45. The number of alkyl carbamates (subject to hydrolysis) is 1. The van der Waals surface area contributed by atoms with Gasteiger partial charge in [0.25, 0.3) is 0 Å². The maximum Gasteiger partial charge on any atom is 0.407 e. The molecule has 3 N–H and O–H groups in total. The first-order valence-electron chi connectivity index (χ1n) is 10.6. The Morgan fingerprint density at radius 1 is 1.07 bits per heavy atom. The maximum absolute atomic E-state index is 12.8. The molecule has 1 aliphatic rings. The van der Waals surface area contributed by atoms with Crippen LogP contribution in [0, 0.1) is 5.92 Å². The average Bonchev–Trinajstić information content (AvgIpc) is 2.63. The zero-order valence-corrected chi connectivity index (χ0v) is 17.9. The van der Waals surface area contributed by atoms with E-state index in [1.165, 1.54) is 0 Å². The smallest absolute Gasteiger partial charge is 0.407 e. The van der Waals surface area contributed by atoms with Gasteiger partial charge in [0.2, 0.25) is 11.9 Å². The molecule has 1 aromatic heterocycles. The first-order chi connectivity index (χ1) is 13.8. The molecule has 0 saturated heterocycles. The van der Waals surface area contributed by atoms with E-state index in [9.17, 15) is 9.59 Å². The second-order valence-electron chi connectivity index (χ2n) is 8.49. The second-order valence-corrected chi connectivity index (χ2v) is 8.49. The molecule has 8 heteroatoms. The molecule has 2 rings (SSSR count). The molecule has 1 aromatic rings. The Morgan fingerprint density at radius 3 is 2.45 bits per heavy atom. The van der Waals surface area contributed by atoms with E-state index in [0.717, 1.165) is 44.9 Å². The van der Waals surface area contributed by atoms with E-state index in [0.29, 0.717) is 19.0 Å². The number of hydrogen-bond acceptors (Lipinski definition) is 6. The molecule has 0 spiro atoms. The van der Waals surface area contributed by atoms with Crippen LogP contribution >= 0.6 is 0 Å². The minimum atomic E-state index is -0.557. The molecule has 1 saturated carbocycles. The van der Waals surface area contributed by atoms with E-state index < -0.39 is 11.7 Å². The SMILES string of the molecule is CC(C)(C)OC(=O)N[C@H]1CCCCCC[C@@H]1C(=O)NCCCNc1ncccn1. The van der Waals surface area contributed by atoms with Gasteiger partial charge in [0.05, 0.1) is 5.92 Å². The van der Waals surface area contributed by atoms with E-state index in [1.807, 2.05) is 20.8 Å². The third-order valence-corrected chi connectivity index (χ3v) is 4.81. The number of nitrogens with one attached hydrogen (secondary N) is 3. The molecule has 1 fully saturated rings. The first kappa shape index (κ1) is 22.9. The average molecular weight is 406 g/mol. The van der Waals surface area contributed by atoms with Gasteiger partial charge >= 0.3 is 6.09 Å². The van der Waals surface area contributed by atoms with E-state index in [1.54, 1.807) is 18.5 Å². The number of hydrogen-bond donors (Lipinski definition) is 3. The van der Waals surface area contributed by atoms with Gasteiger partial charge in [0.15, 0.2) is 0 Å². The maximum atomic E-state index is 12.8. The Labute approximate surface area is 173 Å². The summed E-state index contributed by atoms with van der Waals surface area (Å²) < 4.78 is 5.39. The third-order valence-electron chi connectivity index (χ3n) is 4.81. The standard InChI is InChI=1S/C21H35N5O3/c1-21(2,3)29-20(28)26-17-11-7-5-4-6-10-16(17)18(27)22-12-8-13-23-19-24-14-9-15-25-19/h9,14-17H,4-8,10-13H2,1-3H3,(H,22,27)(H,26,28)(H,23,24,25)/t16-,17-/m0/s1. The summed E-state index contributed by atoms with van der Waals surface area (Å²) in [5, 5.41) is 9.10. The number of rotatable bonds is 7. The topological polar surface area (TPSA) is 105 Å². The van der Waals surface area contributed by atoms with Crippen molar-refractivity contribution in [2.24, 2.45) is 5.92 Å². The zero-order chi connectivity index (χ0) is 21.1. The largest absolute Gasteiger partial charge is 0.444 e. The molecule has 2 amide bonds. The number of aromatic nitrogens is 2. The highest BCUT2D eigenvalue weighted by Gasteiger charge is 2.31. The Bertz CT molecular complexity index is 633. The molecule has 0 unspecified atom stereocenters. The molecule has 8 nitrogen and oxygen atoms in total. The summed E-state index contributed by atoms with van der Waals surface area (Å²) in [6, 6.07) is 1.57. The zero-order valence-electron chi connectivity index (χ0n) is 17.9. The van der Waals surface area contributed by atoms with Crippen LogP contribution in [0.25, 0.3) is 0 Å². The Kier molecular flexibility index (Phi) is 9.15. The van der Waals surface area contributed by atoms with Gasteiger partial charge in [-0.1, -0.05) is 25.7 Å². The second kappa shape index (κ2) is 11.6. The van der Waals surface area contributed by atoms with Crippen LogP contribution in [0.3, 0.4) is 0 Å². The van der Waals surface area contributed by atoms with E-state index in [-0.39, 0.29) is 17.9 Å². The summed E-state index contributed by atoms with van der Waals surface area (Å²) in [5.41, 5.74) is -0.557. The highest BCUT2D eigenvalue weighted by molar-refractivity contribution is 5.80. The monoisotopic (exact) mass is 405 g/mol. The summed E-state index contributed by atoms with van der Waals surface area (Å²) in [5.74, 6) is 0.359. The quantitative estimate of drug-likeness (QED) is 0.601. The van der Waals surface area contributed by atoms with Gasteiger partial charge in [-0.15, -0.1) is 0 Å². The number of nitrogens with zero attached hydrogens (tertiary/aromatic N) is 2. The van der Waals surface area contributed by atoms with Crippen LogP contribution in [0.5, 0.6) is 0 Å². The molecule has 1 heterocycles. The van der Waals surface area contributed by atoms with Crippen LogP contribution in [-0.2, 0) is 9.53 Å². The predicted octanol–water partition coefficient (Wildman–Crippen LogP) is 3.26. The third kappa shape index (κ3) is 9.11. The molecule has 2 atom stereocenters. The molecular weight excluding hydrogens is 370 g/mol. The van der Waals surface area contributed by atoms with Gasteiger partial charge < -0.3 is 20.7 Å². The van der Waals surface area contributed by atoms with Crippen LogP contribution in [-0.4, -0.2) is 46.7 Å². The fourth-order valence-corrected chi connectivity index (χ4v) is 3.45. The van der Waals surface area contributed by atoms with Crippen molar-refractivity contribution in [2.75, 3.05) is 18.4 Å². The summed E-state index contributed by atoms with van der Waals surface area (Å²) in [6.07, 6.45) is 9.52. The summed E-state index contributed by atoms with van der Waals surface area (Å²) in [7, 11) is 0. The van der Waals surface area contributed by atoms with Gasteiger partial charge in [-0.25, -0.2) is 14.8 Å². The fraction of sp³-hybridized carbons (Fsp3) is 0.714. The van der Waals surface area contributed by atoms with E-state index in [4.69, 9.17) is 4.74 Å². The van der Waals surface area contributed by atoms with Crippen molar-refractivity contribution >= 4 is 17.9 Å². The van der Waals surface area contributed by atoms with Gasteiger partial charge in [-0.3, -0.25) is 4.79 Å². The minimum absolute atomic E-state index is 0.00363. The number of carbonyl (C=O) groups is 2. The Hall–Kier alpha value is -2.38. The first-order valence-corrected chi connectivity index (χ1v) is 10.6. The predicted molar refractivity (Wildman–Crippen MR) is 112 cm³/mol. The lowest BCUT2D eigenvalue weighted by Gasteiger charge is -2.30. The normalized spacial score (nSPS) is 20.1. The van der Waals surface area contributed by atoms with Crippen molar-refractivity contribution in [3.63, 3.8) is 0 Å². The molecule has 0 radical (unpaired) electrons. The number of ether oxygens (including phenoxy) is 1. The van der Waals surface area contributed by atoms with Crippen molar-refractivity contribution in [2.45, 2.75) is 77.4 Å². The van der Waals surface area contributed by atoms with Gasteiger partial charge in [-0.05, 0) is 46.1 Å². The van der Waals surface area contributed by atoms with Crippen molar-refractivity contribution < 1.29 is 14.3 Å². The summed E-state index contributed by atoms with van der Waals surface area (Å²) >= 11 is 0. The molecule has 0 aliphatic heterocycles. The highest BCUT2D eigenvalue weighted by Crippen LogP contribution is 2.24. The number of amides is 2. The summed E-state index contributed by atoms with van der Waals surface area (Å²) in [4.78, 5) is 33.3. The lowest BCUT2D eigenvalue weighted by Crippen LogP contribution is -2.48. The van der Waals surface area contributed by atoms with Gasteiger partial charge in [-0.2, -0.15) is 0 Å². The molecule has 0 bridgehead atoms. The van der Waals surface area contributed by atoms with Crippen LogP contribution in [0.4, 0.5) is 10.7 Å². The Balaban J connectivity index is 1.81. The highest BCUT2D eigenvalue weighted by atomic mass is 16.6. The Morgan fingerprint density at radius 2 is 1.76 bits per heavy atom. The van der Waals surface area contributed by atoms with Crippen molar-refractivity contribution in [3.8, 4) is 0 Å². The van der Waals surface area contributed by atoms with Crippen LogP contribution in [0.2, 0.25) is 0 Å². The van der Waals surface area contributed by atoms with Crippen LogP contribution in [0.1, 0.15) is 65.7 Å². The molecule has 0 aromatic carbocycles. The lowest BCUT2D eigenvalue weighted by atomic mass is 9.86. The summed E-state index contributed by atoms with van der Waals surface area (Å²) in [6.45, 7) is 6.75. The van der Waals surface area contributed by atoms with E-state index in [2.05, 4.69) is 25.9 Å². The van der Waals surface area contributed by atoms with Gasteiger partial charge in [0.1, 0.15) is 5.60 Å². The number of anilines is 1. The molecule has 162 valence electrons. The molecule has 29 heavy (non-hydrogen) atoms. The van der Waals surface area contributed by atoms with Crippen LogP contribution < -0.4 is 16.0 Å². The number of carbonyl (C=O) groups excluding carboxylic acids is 2. The molecular formula is C21H35N5O3. The molecule has 1 aliphatic carbocycles. The minimum Gasteiger partial charge on any atom is -0.444 e. The van der Waals surface area contributed by atoms with E-state index >= 15 is 0 Å². The van der Waals surface area contributed by atoms with Crippen molar-refractivity contribution in [3.05, 3.63) is 18.5 Å².